The van der Waals surface area contributed by atoms with Crippen LogP contribution in [0.2, 0.25) is 0 Å². The molecule has 8 nitrogen and oxygen atoms in total. The van der Waals surface area contributed by atoms with Crippen molar-refractivity contribution in [2.75, 3.05) is 13.1 Å². The first-order valence-electron chi connectivity index (χ1n) is 11.7. The average molecular weight is 504 g/mol. The summed E-state index contributed by atoms with van der Waals surface area (Å²) in [5.41, 5.74) is 0.782. The third-order valence-electron chi connectivity index (χ3n) is 5.87. The van der Waals surface area contributed by atoms with E-state index in [4.69, 9.17) is 0 Å². The molecule has 10 heteroatoms. The zero-order valence-corrected chi connectivity index (χ0v) is 20.7. The van der Waals surface area contributed by atoms with Crippen LogP contribution in [0.5, 0.6) is 0 Å². The highest BCUT2D eigenvalue weighted by molar-refractivity contribution is 7.90. The van der Waals surface area contributed by atoms with Crippen molar-refractivity contribution in [2.24, 2.45) is 0 Å². The molecule has 188 valence electrons. The number of nitrogens with zero attached hydrogens (tertiary/aromatic N) is 2. The summed E-state index contributed by atoms with van der Waals surface area (Å²) in [5.74, 6) is -1.65. The molecular formula is C25H30FN3O5S. The number of carbonyl (C=O) groups is 3. The summed E-state index contributed by atoms with van der Waals surface area (Å²) in [6, 6.07) is 11.0. The summed E-state index contributed by atoms with van der Waals surface area (Å²) in [7, 11) is -3.95. The topological polar surface area (TPSA) is 104 Å². The third kappa shape index (κ3) is 5.87. The van der Waals surface area contributed by atoms with Gasteiger partial charge in [0.25, 0.3) is 15.9 Å². The molecule has 0 aromatic heterocycles. The van der Waals surface area contributed by atoms with Crippen molar-refractivity contribution in [1.29, 1.82) is 0 Å². The molecule has 1 heterocycles. The Bertz CT molecular complexity index is 1180. The number of sulfonamides is 1. The SMILES string of the molecule is CCCNC(=O)[C@@H](CC)N(Cc1ccc(F)cc1)C(=O)CCCN1C(=O)c2ccccc2S1(=O)=O. The molecule has 1 aliphatic rings. The number of carbonyl (C=O) groups excluding carboxylic acids is 3. The van der Waals surface area contributed by atoms with Gasteiger partial charge in [0.2, 0.25) is 11.8 Å². The summed E-state index contributed by atoms with van der Waals surface area (Å²) in [6.07, 6.45) is 1.16. The fourth-order valence-corrected chi connectivity index (χ4v) is 5.65. The van der Waals surface area contributed by atoms with Crippen LogP contribution >= 0.6 is 0 Å². The van der Waals surface area contributed by atoms with E-state index in [1.54, 1.807) is 31.2 Å². The molecule has 0 bridgehead atoms. The van der Waals surface area contributed by atoms with Gasteiger partial charge >= 0.3 is 0 Å². The maximum absolute atomic E-state index is 13.4. The molecule has 1 atom stereocenters. The smallest absolute Gasteiger partial charge is 0.269 e. The zero-order valence-electron chi connectivity index (χ0n) is 19.9. The Hall–Kier alpha value is -3.27. The molecule has 0 unspecified atom stereocenters. The van der Waals surface area contributed by atoms with E-state index >= 15 is 0 Å². The molecule has 0 aliphatic carbocycles. The van der Waals surface area contributed by atoms with Crippen LogP contribution in [0.1, 0.15) is 55.5 Å². The van der Waals surface area contributed by atoms with Crippen molar-refractivity contribution in [2.45, 2.75) is 57.0 Å². The minimum Gasteiger partial charge on any atom is -0.354 e. The molecule has 0 radical (unpaired) electrons. The molecule has 0 spiro atoms. The molecule has 1 N–H and O–H groups in total. The van der Waals surface area contributed by atoms with Crippen LogP contribution < -0.4 is 5.32 Å². The maximum atomic E-state index is 13.4. The van der Waals surface area contributed by atoms with E-state index < -0.39 is 27.8 Å². The van der Waals surface area contributed by atoms with Gasteiger partial charge in [-0.3, -0.25) is 14.4 Å². The Labute approximate surface area is 205 Å². The Morgan fingerprint density at radius 3 is 2.40 bits per heavy atom. The molecule has 0 saturated heterocycles. The van der Waals surface area contributed by atoms with Crippen LogP contribution in [0.25, 0.3) is 0 Å². The summed E-state index contributed by atoms with van der Waals surface area (Å²) in [6.45, 7) is 4.15. The maximum Gasteiger partial charge on any atom is 0.269 e. The van der Waals surface area contributed by atoms with Gasteiger partial charge < -0.3 is 10.2 Å². The molecule has 1 aliphatic heterocycles. The second kappa shape index (κ2) is 11.4. The molecule has 0 fully saturated rings. The number of hydrogen-bond acceptors (Lipinski definition) is 5. The number of halogens is 1. The Balaban J connectivity index is 1.73. The average Bonchev–Trinajstić information content (AvgIpc) is 3.04. The van der Waals surface area contributed by atoms with Gasteiger partial charge in [-0.2, -0.15) is 0 Å². The fraction of sp³-hybridized carbons (Fsp3) is 0.400. The summed E-state index contributed by atoms with van der Waals surface area (Å²) >= 11 is 0. The first-order chi connectivity index (χ1) is 16.7. The van der Waals surface area contributed by atoms with E-state index in [0.29, 0.717) is 18.5 Å². The zero-order chi connectivity index (χ0) is 25.6. The lowest BCUT2D eigenvalue weighted by Gasteiger charge is -2.31. The van der Waals surface area contributed by atoms with Gasteiger partial charge in [0, 0.05) is 26.1 Å². The summed E-state index contributed by atoms with van der Waals surface area (Å²) in [4.78, 5) is 40.0. The van der Waals surface area contributed by atoms with E-state index in [1.807, 2.05) is 6.92 Å². The minimum absolute atomic E-state index is 0.0343. The van der Waals surface area contributed by atoms with Crippen molar-refractivity contribution in [3.63, 3.8) is 0 Å². The Morgan fingerprint density at radius 1 is 1.09 bits per heavy atom. The van der Waals surface area contributed by atoms with Gasteiger partial charge in [-0.25, -0.2) is 17.1 Å². The van der Waals surface area contributed by atoms with Crippen molar-refractivity contribution < 1.29 is 27.2 Å². The van der Waals surface area contributed by atoms with Gasteiger partial charge in [0.05, 0.1) is 5.56 Å². The van der Waals surface area contributed by atoms with E-state index in [2.05, 4.69) is 5.32 Å². The van der Waals surface area contributed by atoms with Crippen molar-refractivity contribution in [3.8, 4) is 0 Å². The number of rotatable bonds is 11. The second-order valence-electron chi connectivity index (χ2n) is 8.35. The van der Waals surface area contributed by atoms with Crippen molar-refractivity contribution >= 4 is 27.7 Å². The highest BCUT2D eigenvalue weighted by Gasteiger charge is 2.40. The molecule has 0 saturated carbocycles. The van der Waals surface area contributed by atoms with E-state index in [-0.39, 0.29) is 48.2 Å². The fourth-order valence-electron chi connectivity index (χ4n) is 4.04. The number of benzene rings is 2. The molecule has 35 heavy (non-hydrogen) atoms. The molecule has 2 aromatic rings. The van der Waals surface area contributed by atoms with Crippen molar-refractivity contribution in [3.05, 3.63) is 65.5 Å². The first-order valence-corrected chi connectivity index (χ1v) is 13.1. The normalized spacial score (nSPS) is 14.9. The van der Waals surface area contributed by atoms with Gasteiger partial charge in [-0.1, -0.05) is 38.1 Å². The molecule has 3 amide bonds. The van der Waals surface area contributed by atoms with Crippen LogP contribution in [0.4, 0.5) is 4.39 Å². The molecule has 2 aromatic carbocycles. The number of fused-ring (bicyclic) bond motifs is 1. The van der Waals surface area contributed by atoms with Crippen LogP contribution in [-0.4, -0.2) is 54.5 Å². The Kier molecular flexibility index (Phi) is 8.61. The quantitative estimate of drug-likeness (QED) is 0.508. The predicted octanol–water partition coefficient (Wildman–Crippen LogP) is 3.08. The molecule has 3 rings (SSSR count). The largest absolute Gasteiger partial charge is 0.354 e. The van der Waals surface area contributed by atoms with Gasteiger partial charge in [0.1, 0.15) is 16.8 Å². The third-order valence-corrected chi connectivity index (χ3v) is 7.71. The lowest BCUT2D eigenvalue weighted by atomic mass is 10.1. The predicted molar refractivity (Wildman–Crippen MR) is 128 cm³/mol. The second-order valence-corrected chi connectivity index (χ2v) is 10.2. The number of amides is 3. The summed E-state index contributed by atoms with van der Waals surface area (Å²) in [5, 5.41) is 2.82. The van der Waals surface area contributed by atoms with Crippen molar-refractivity contribution in [1.82, 2.24) is 14.5 Å². The molecular weight excluding hydrogens is 473 g/mol. The number of hydrogen-bond donors (Lipinski definition) is 1. The monoisotopic (exact) mass is 503 g/mol. The Morgan fingerprint density at radius 2 is 1.77 bits per heavy atom. The standard InChI is InChI=1S/C25H30FN3O5S/c1-3-15-27-24(31)21(4-2)28(17-18-11-13-19(26)14-12-18)23(30)10-7-16-29-25(32)20-8-5-6-9-22(20)35(29,33)34/h5-6,8-9,11-14,21H,3-4,7,10,15-17H2,1-2H3,(H,27,31)/t21-/m1/s1. The van der Waals surface area contributed by atoms with Crippen LogP contribution in [0, 0.1) is 5.82 Å². The lowest BCUT2D eigenvalue weighted by Crippen LogP contribution is -2.49. The van der Waals surface area contributed by atoms with E-state index in [0.717, 1.165) is 10.7 Å². The highest BCUT2D eigenvalue weighted by Crippen LogP contribution is 2.30. The van der Waals surface area contributed by atoms with Crippen LogP contribution in [-0.2, 0) is 26.2 Å². The van der Waals surface area contributed by atoms with Crippen LogP contribution in [0.15, 0.2) is 53.4 Å². The highest BCUT2D eigenvalue weighted by atomic mass is 32.2. The van der Waals surface area contributed by atoms with Gasteiger partial charge in [-0.05, 0) is 49.1 Å². The minimum atomic E-state index is -3.95. The van der Waals surface area contributed by atoms with Gasteiger partial charge in [0.15, 0.2) is 0 Å². The summed E-state index contributed by atoms with van der Waals surface area (Å²) < 4.78 is 39.6. The van der Waals surface area contributed by atoms with E-state index in [9.17, 15) is 27.2 Å². The first kappa shape index (κ1) is 26.3. The van der Waals surface area contributed by atoms with Crippen LogP contribution in [0.3, 0.4) is 0 Å². The lowest BCUT2D eigenvalue weighted by molar-refractivity contribution is -0.141. The van der Waals surface area contributed by atoms with E-state index in [1.165, 1.54) is 29.2 Å². The van der Waals surface area contributed by atoms with Gasteiger partial charge in [-0.15, -0.1) is 0 Å². The number of nitrogens with one attached hydrogen (secondary N) is 1.